The molecule has 1 fully saturated rings. The maximum absolute atomic E-state index is 13.8. The number of imide groups is 1. The Balaban J connectivity index is 1.54. The molecule has 29 heavy (non-hydrogen) atoms. The molecule has 1 aliphatic rings. The fourth-order valence-electron chi connectivity index (χ4n) is 3.88. The molecule has 1 saturated heterocycles. The van der Waals surface area contributed by atoms with Gasteiger partial charge >= 0.3 is 0 Å². The number of aromatic amines is 1. The average molecular weight is 393 g/mol. The Kier molecular flexibility index (Phi) is 4.66. The van der Waals surface area contributed by atoms with E-state index in [0.717, 1.165) is 5.56 Å². The fraction of sp³-hybridized carbons (Fsp3) is 0.227. The molecule has 4 rings (SSSR count). The van der Waals surface area contributed by atoms with Crippen molar-refractivity contribution in [3.05, 3.63) is 65.6 Å². The minimum absolute atomic E-state index is 0.252. The fourth-order valence-corrected chi connectivity index (χ4v) is 3.88. The standard InChI is InChI=1S/C22H20FN3O3/c1-2-22(11-10-19(27)26-21(22)29)13-6-8-14(9-7-13)24-20(28)18-12-15-16(23)4-3-5-17(15)25-18/h3-9,12,25H,2,10-11H2,1H3,(H,24,28)(H,26,27,29). The van der Waals surface area contributed by atoms with Gasteiger partial charge in [0.15, 0.2) is 0 Å². The van der Waals surface area contributed by atoms with Crippen LogP contribution in [0.4, 0.5) is 10.1 Å². The molecule has 1 atom stereocenters. The highest BCUT2D eigenvalue weighted by molar-refractivity contribution is 6.06. The van der Waals surface area contributed by atoms with Crippen LogP contribution in [0.15, 0.2) is 48.5 Å². The first kappa shape index (κ1) is 18.9. The lowest BCUT2D eigenvalue weighted by Crippen LogP contribution is -2.51. The molecule has 1 unspecified atom stereocenters. The van der Waals surface area contributed by atoms with Crippen LogP contribution in [0, 0.1) is 5.82 Å². The lowest BCUT2D eigenvalue weighted by atomic mass is 9.72. The number of carbonyl (C=O) groups is 3. The second-order valence-corrected chi connectivity index (χ2v) is 7.23. The van der Waals surface area contributed by atoms with Crippen molar-refractivity contribution in [2.24, 2.45) is 0 Å². The van der Waals surface area contributed by atoms with E-state index in [1.54, 1.807) is 36.4 Å². The number of benzene rings is 2. The van der Waals surface area contributed by atoms with Crippen LogP contribution in [0.25, 0.3) is 10.9 Å². The van der Waals surface area contributed by atoms with Crippen molar-refractivity contribution < 1.29 is 18.8 Å². The summed E-state index contributed by atoms with van der Waals surface area (Å²) in [5.74, 6) is -1.32. The van der Waals surface area contributed by atoms with Gasteiger partial charge in [0.05, 0.1) is 5.41 Å². The number of hydrogen-bond acceptors (Lipinski definition) is 3. The molecule has 0 aliphatic carbocycles. The second-order valence-electron chi connectivity index (χ2n) is 7.23. The van der Waals surface area contributed by atoms with E-state index in [1.807, 2.05) is 6.92 Å². The molecule has 3 N–H and O–H groups in total. The molecule has 3 aromatic rings. The van der Waals surface area contributed by atoms with Crippen molar-refractivity contribution in [1.29, 1.82) is 0 Å². The highest BCUT2D eigenvalue weighted by Gasteiger charge is 2.42. The number of aromatic nitrogens is 1. The number of H-pyrrole nitrogens is 1. The summed E-state index contributed by atoms with van der Waals surface area (Å²) in [5, 5.41) is 5.55. The van der Waals surface area contributed by atoms with Crippen LogP contribution in [0.1, 0.15) is 42.2 Å². The number of hydrogen-bond donors (Lipinski definition) is 3. The number of rotatable bonds is 4. The van der Waals surface area contributed by atoms with Crippen LogP contribution in [-0.4, -0.2) is 22.7 Å². The lowest BCUT2D eigenvalue weighted by Gasteiger charge is -2.35. The molecule has 0 saturated carbocycles. The zero-order valence-electron chi connectivity index (χ0n) is 15.8. The van der Waals surface area contributed by atoms with Crippen LogP contribution in [0.5, 0.6) is 0 Å². The monoisotopic (exact) mass is 393 g/mol. The number of fused-ring (bicyclic) bond motifs is 1. The van der Waals surface area contributed by atoms with E-state index in [2.05, 4.69) is 15.6 Å². The Morgan fingerprint density at radius 3 is 2.59 bits per heavy atom. The summed E-state index contributed by atoms with van der Waals surface area (Å²) in [7, 11) is 0. The van der Waals surface area contributed by atoms with Gasteiger partial charge in [-0.3, -0.25) is 19.7 Å². The van der Waals surface area contributed by atoms with Gasteiger partial charge in [0.1, 0.15) is 11.5 Å². The molecule has 1 aliphatic heterocycles. The van der Waals surface area contributed by atoms with Gasteiger partial charge in [0.25, 0.3) is 5.91 Å². The molecule has 2 heterocycles. The van der Waals surface area contributed by atoms with E-state index >= 15 is 0 Å². The summed E-state index contributed by atoms with van der Waals surface area (Å²) < 4.78 is 13.8. The zero-order valence-corrected chi connectivity index (χ0v) is 15.8. The number of piperidine rings is 1. The summed E-state index contributed by atoms with van der Waals surface area (Å²) in [6, 6.07) is 13.1. The largest absolute Gasteiger partial charge is 0.350 e. The summed E-state index contributed by atoms with van der Waals surface area (Å²) in [6.45, 7) is 1.92. The Labute approximate surface area is 166 Å². The van der Waals surface area contributed by atoms with Gasteiger partial charge in [-0.05, 0) is 48.7 Å². The summed E-state index contributed by atoms with van der Waals surface area (Å²) in [6.07, 6.45) is 1.33. The second kappa shape index (κ2) is 7.16. The Hall–Kier alpha value is -3.48. The molecule has 0 radical (unpaired) electrons. The van der Waals surface area contributed by atoms with E-state index < -0.39 is 11.2 Å². The molecule has 1 aromatic heterocycles. The summed E-state index contributed by atoms with van der Waals surface area (Å²) >= 11 is 0. The van der Waals surface area contributed by atoms with Crippen LogP contribution in [0.3, 0.4) is 0 Å². The highest BCUT2D eigenvalue weighted by Crippen LogP contribution is 2.36. The number of anilines is 1. The average Bonchev–Trinajstić information content (AvgIpc) is 3.15. The predicted molar refractivity (Wildman–Crippen MR) is 107 cm³/mol. The van der Waals surface area contributed by atoms with Crippen molar-refractivity contribution in [2.75, 3.05) is 5.32 Å². The molecule has 7 heteroatoms. The van der Waals surface area contributed by atoms with Crippen LogP contribution in [0.2, 0.25) is 0 Å². The Morgan fingerprint density at radius 2 is 1.93 bits per heavy atom. The van der Waals surface area contributed by atoms with Crippen LogP contribution in [-0.2, 0) is 15.0 Å². The molecular formula is C22H20FN3O3. The molecule has 3 amide bonds. The van der Waals surface area contributed by atoms with Gasteiger partial charge in [-0.1, -0.05) is 25.1 Å². The summed E-state index contributed by atoms with van der Waals surface area (Å²) in [5.41, 5.74) is 1.41. The molecular weight excluding hydrogens is 373 g/mol. The van der Waals surface area contributed by atoms with Crippen molar-refractivity contribution in [3.8, 4) is 0 Å². The van der Waals surface area contributed by atoms with Gasteiger partial charge in [-0.25, -0.2) is 4.39 Å². The minimum Gasteiger partial charge on any atom is -0.350 e. The lowest BCUT2D eigenvalue weighted by molar-refractivity contribution is -0.138. The van der Waals surface area contributed by atoms with Gasteiger partial charge in [0.2, 0.25) is 11.8 Å². The third kappa shape index (κ3) is 3.29. The van der Waals surface area contributed by atoms with E-state index in [9.17, 15) is 18.8 Å². The van der Waals surface area contributed by atoms with Crippen molar-refractivity contribution >= 4 is 34.3 Å². The zero-order chi connectivity index (χ0) is 20.6. The van der Waals surface area contributed by atoms with E-state index in [-0.39, 0.29) is 23.4 Å². The number of amides is 3. The van der Waals surface area contributed by atoms with E-state index in [1.165, 1.54) is 12.1 Å². The molecule has 0 spiro atoms. The van der Waals surface area contributed by atoms with Gasteiger partial charge in [-0.2, -0.15) is 0 Å². The first-order chi connectivity index (χ1) is 13.9. The normalized spacial score (nSPS) is 19.2. The van der Waals surface area contributed by atoms with Gasteiger partial charge < -0.3 is 10.3 Å². The third-order valence-corrected chi connectivity index (χ3v) is 5.62. The van der Waals surface area contributed by atoms with Crippen molar-refractivity contribution in [2.45, 2.75) is 31.6 Å². The molecule has 148 valence electrons. The number of nitrogens with one attached hydrogen (secondary N) is 3. The van der Waals surface area contributed by atoms with Crippen LogP contribution < -0.4 is 10.6 Å². The first-order valence-electron chi connectivity index (χ1n) is 9.46. The van der Waals surface area contributed by atoms with Crippen molar-refractivity contribution in [3.63, 3.8) is 0 Å². The maximum Gasteiger partial charge on any atom is 0.272 e. The van der Waals surface area contributed by atoms with E-state index in [0.29, 0.717) is 35.9 Å². The summed E-state index contributed by atoms with van der Waals surface area (Å²) in [4.78, 5) is 39.4. The third-order valence-electron chi connectivity index (χ3n) is 5.62. The SMILES string of the molecule is CCC1(c2ccc(NC(=O)c3cc4c(F)cccc4[nH]3)cc2)CCC(=O)NC1=O. The minimum atomic E-state index is -0.745. The molecule has 0 bridgehead atoms. The quantitative estimate of drug-likeness (QED) is 0.591. The molecule has 2 aromatic carbocycles. The topological polar surface area (TPSA) is 91.1 Å². The smallest absolute Gasteiger partial charge is 0.272 e. The number of halogens is 1. The van der Waals surface area contributed by atoms with E-state index in [4.69, 9.17) is 0 Å². The van der Waals surface area contributed by atoms with Gasteiger partial charge in [-0.15, -0.1) is 0 Å². The van der Waals surface area contributed by atoms with Crippen molar-refractivity contribution in [1.82, 2.24) is 10.3 Å². The number of carbonyl (C=O) groups excluding carboxylic acids is 3. The Morgan fingerprint density at radius 1 is 1.17 bits per heavy atom. The maximum atomic E-state index is 13.8. The first-order valence-corrected chi connectivity index (χ1v) is 9.46. The molecule has 6 nitrogen and oxygen atoms in total. The van der Waals surface area contributed by atoms with Crippen LogP contribution >= 0.6 is 0 Å². The predicted octanol–water partition coefficient (Wildman–Crippen LogP) is 3.64. The Bertz CT molecular complexity index is 1120. The highest BCUT2D eigenvalue weighted by atomic mass is 19.1. The van der Waals surface area contributed by atoms with Gasteiger partial charge in [0, 0.05) is 23.0 Å².